The van der Waals surface area contributed by atoms with E-state index in [1.165, 1.54) is 11.3 Å². The number of aromatic nitrogens is 3. The molecule has 92 valence electrons. The quantitative estimate of drug-likeness (QED) is 0.865. The molecule has 2 heterocycles. The van der Waals surface area contributed by atoms with Crippen molar-refractivity contribution < 1.29 is 0 Å². The predicted octanol–water partition coefficient (Wildman–Crippen LogP) is 1.13. The van der Waals surface area contributed by atoms with Crippen LogP contribution in [0.4, 0.5) is 5.13 Å². The van der Waals surface area contributed by atoms with Crippen LogP contribution in [0.25, 0.3) is 0 Å². The Morgan fingerprint density at radius 2 is 2.35 bits per heavy atom. The van der Waals surface area contributed by atoms with Crippen molar-refractivity contribution in [2.24, 2.45) is 7.05 Å². The van der Waals surface area contributed by atoms with Gasteiger partial charge in [0, 0.05) is 37.8 Å². The van der Waals surface area contributed by atoms with Crippen LogP contribution < -0.4 is 5.73 Å². The van der Waals surface area contributed by atoms with Crippen molar-refractivity contribution >= 4 is 16.5 Å². The summed E-state index contributed by atoms with van der Waals surface area (Å²) in [5, 5.41) is 2.66. The largest absolute Gasteiger partial charge is 0.375 e. The van der Waals surface area contributed by atoms with Crippen molar-refractivity contribution in [2.75, 3.05) is 19.3 Å². The molecule has 0 spiro atoms. The van der Waals surface area contributed by atoms with Crippen molar-refractivity contribution in [3.05, 3.63) is 29.3 Å². The Morgan fingerprint density at radius 1 is 1.53 bits per heavy atom. The molecule has 0 bridgehead atoms. The zero-order valence-corrected chi connectivity index (χ0v) is 10.9. The van der Waals surface area contributed by atoms with Crippen LogP contribution in [0.1, 0.15) is 11.5 Å². The molecule has 0 fully saturated rings. The van der Waals surface area contributed by atoms with Gasteiger partial charge in [-0.05, 0) is 7.05 Å². The summed E-state index contributed by atoms with van der Waals surface area (Å²) in [4.78, 5) is 10.8. The Balaban J connectivity index is 1.82. The molecule has 0 aliphatic rings. The molecule has 0 saturated carbocycles. The van der Waals surface area contributed by atoms with Gasteiger partial charge in [0.1, 0.15) is 5.82 Å². The smallest absolute Gasteiger partial charge is 0.180 e. The fourth-order valence-corrected chi connectivity index (χ4v) is 2.21. The first-order valence-corrected chi connectivity index (χ1v) is 6.37. The minimum absolute atomic E-state index is 0.645. The second-order valence-electron chi connectivity index (χ2n) is 4.12. The number of likely N-dealkylation sites (N-methyl/N-ethyl adjacent to an activating group) is 1. The average molecular weight is 251 g/mol. The van der Waals surface area contributed by atoms with Crippen LogP contribution in [0.2, 0.25) is 0 Å². The molecule has 2 aromatic rings. The van der Waals surface area contributed by atoms with Gasteiger partial charge < -0.3 is 10.3 Å². The maximum Gasteiger partial charge on any atom is 0.180 e. The van der Waals surface area contributed by atoms with E-state index in [-0.39, 0.29) is 0 Å². The van der Waals surface area contributed by atoms with Crippen LogP contribution >= 0.6 is 11.3 Å². The molecule has 2 rings (SSSR count). The van der Waals surface area contributed by atoms with Crippen molar-refractivity contribution in [1.82, 2.24) is 19.4 Å². The molecule has 5 nitrogen and oxygen atoms in total. The number of rotatable bonds is 5. The predicted molar refractivity (Wildman–Crippen MR) is 69.8 cm³/mol. The van der Waals surface area contributed by atoms with Gasteiger partial charge in [-0.15, -0.1) is 11.3 Å². The first kappa shape index (κ1) is 12.1. The van der Waals surface area contributed by atoms with E-state index in [4.69, 9.17) is 5.73 Å². The second-order valence-corrected chi connectivity index (χ2v) is 5.01. The maximum atomic E-state index is 5.59. The lowest BCUT2D eigenvalue weighted by Gasteiger charge is -2.15. The third kappa shape index (κ3) is 3.28. The second kappa shape index (κ2) is 5.29. The molecular weight excluding hydrogens is 234 g/mol. The van der Waals surface area contributed by atoms with E-state index in [1.54, 1.807) is 0 Å². The van der Waals surface area contributed by atoms with E-state index < -0.39 is 0 Å². The van der Waals surface area contributed by atoms with Gasteiger partial charge >= 0.3 is 0 Å². The van der Waals surface area contributed by atoms with E-state index in [0.29, 0.717) is 5.13 Å². The minimum atomic E-state index is 0.645. The number of nitrogen functional groups attached to an aromatic ring is 1. The summed E-state index contributed by atoms with van der Waals surface area (Å²) < 4.78 is 2.04. The molecule has 2 N–H and O–H groups in total. The van der Waals surface area contributed by atoms with Gasteiger partial charge in [-0.1, -0.05) is 0 Å². The number of aryl methyl sites for hydroxylation is 1. The summed E-state index contributed by atoms with van der Waals surface area (Å²) in [5.74, 6) is 1.07. The minimum Gasteiger partial charge on any atom is -0.375 e. The zero-order valence-electron chi connectivity index (χ0n) is 10.1. The van der Waals surface area contributed by atoms with Crippen LogP contribution in [-0.2, 0) is 20.0 Å². The number of hydrogen-bond acceptors (Lipinski definition) is 5. The number of nitrogens with zero attached hydrogens (tertiary/aromatic N) is 4. The van der Waals surface area contributed by atoms with E-state index in [9.17, 15) is 0 Å². The Bertz CT molecular complexity index is 476. The van der Waals surface area contributed by atoms with Crippen molar-refractivity contribution in [1.29, 1.82) is 0 Å². The standard InChI is InChI=1S/C11H17N5S/c1-15(7-10-13-4-6-16(10)2)5-3-9-8-17-11(12)14-9/h4,6,8H,3,5,7H2,1-2H3,(H2,12,14). The van der Waals surface area contributed by atoms with Gasteiger partial charge in [0.25, 0.3) is 0 Å². The lowest BCUT2D eigenvalue weighted by atomic mass is 10.3. The van der Waals surface area contributed by atoms with Crippen LogP contribution in [0.15, 0.2) is 17.8 Å². The Labute approximate surface area is 105 Å². The molecule has 0 saturated heterocycles. The lowest BCUT2D eigenvalue weighted by Crippen LogP contribution is -2.22. The summed E-state index contributed by atoms with van der Waals surface area (Å²) in [6, 6.07) is 0. The topological polar surface area (TPSA) is 60.0 Å². The van der Waals surface area contributed by atoms with E-state index >= 15 is 0 Å². The summed E-state index contributed by atoms with van der Waals surface area (Å²) in [7, 11) is 4.10. The molecule has 6 heteroatoms. The van der Waals surface area contributed by atoms with Crippen LogP contribution in [0.5, 0.6) is 0 Å². The molecular formula is C11H17N5S. The van der Waals surface area contributed by atoms with Crippen LogP contribution in [0.3, 0.4) is 0 Å². The molecule has 0 aromatic carbocycles. The molecule has 0 amide bonds. The summed E-state index contributed by atoms with van der Waals surface area (Å²) in [6.07, 6.45) is 4.71. The highest BCUT2D eigenvalue weighted by Gasteiger charge is 2.06. The number of imidazole rings is 1. The third-order valence-corrected chi connectivity index (χ3v) is 3.37. The Kier molecular flexibility index (Phi) is 3.75. The fraction of sp³-hybridized carbons (Fsp3) is 0.455. The number of nitrogens with two attached hydrogens (primary N) is 1. The Hall–Kier alpha value is -1.40. The molecule has 17 heavy (non-hydrogen) atoms. The monoisotopic (exact) mass is 251 g/mol. The zero-order chi connectivity index (χ0) is 12.3. The molecule has 2 aromatic heterocycles. The molecule has 0 radical (unpaired) electrons. The van der Waals surface area contributed by atoms with Gasteiger partial charge in [0.15, 0.2) is 5.13 Å². The van der Waals surface area contributed by atoms with E-state index in [1.807, 2.05) is 29.4 Å². The summed E-state index contributed by atoms with van der Waals surface area (Å²) in [6.45, 7) is 1.80. The third-order valence-electron chi connectivity index (χ3n) is 2.65. The lowest BCUT2D eigenvalue weighted by molar-refractivity contribution is 0.318. The number of hydrogen-bond donors (Lipinski definition) is 1. The summed E-state index contributed by atoms with van der Waals surface area (Å²) >= 11 is 1.50. The van der Waals surface area contributed by atoms with Crippen molar-refractivity contribution in [3.8, 4) is 0 Å². The van der Waals surface area contributed by atoms with Gasteiger partial charge in [0.05, 0.1) is 12.2 Å². The first-order valence-electron chi connectivity index (χ1n) is 5.50. The highest BCUT2D eigenvalue weighted by Crippen LogP contribution is 2.11. The highest BCUT2D eigenvalue weighted by atomic mass is 32.1. The molecule has 0 aliphatic heterocycles. The van der Waals surface area contributed by atoms with Gasteiger partial charge in [-0.3, -0.25) is 4.90 Å². The number of anilines is 1. The van der Waals surface area contributed by atoms with Crippen molar-refractivity contribution in [2.45, 2.75) is 13.0 Å². The van der Waals surface area contributed by atoms with Gasteiger partial charge in [-0.2, -0.15) is 0 Å². The number of thiazole rings is 1. The normalized spacial score (nSPS) is 11.2. The average Bonchev–Trinajstić information content (AvgIpc) is 2.86. The Morgan fingerprint density at radius 3 is 2.94 bits per heavy atom. The first-order chi connectivity index (χ1) is 8.15. The van der Waals surface area contributed by atoms with E-state index in [0.717, 1.165) is 31.0 Å². The highest BCUT2D eigenvalue weighted by molar-refractivity contribution is 7.13. The summed E-state index contributed by atoms with van der Waals surface area (Å²) in [5.41, 5.74) is 6.66. The molecule has 0 atom stereocenters. The van der Waals surface area contributed by atoms with Crippen molar-refractivity contribution in [3.63, 3.8) is 0 Å². The SMILES string of the molecule is CN(CCc1csc(N)n1)Cc1nccn1C. The fourth-order valence-electron chi connectivity index (χ4n) is 1.61. The van der Waals surface area contributed by atoms with Crippen LogP contribution in [-0.4, -0.2) is 33.0 Å². The van der Waals surface area contributed by atoms with Crippen LogP contribution in [0, 0.1) is 0 Å². The van der Waals surface area contributed by atoms with Gasteiger partial charge in [-0.25, -0.2) is 9.97 Å². The van der Waals surface area contributed by atoms with E-state index in [2.05, 4.69) is 21.9 Å². The molecule has 0 aliphatic carbocycles. The van der Waals surface area contributed by atoms with Gasteiger partial charge in [0.2, 0.25) is 0 Å². The maximum absolute atomic E-state index is 5.59. The molecule has 0 unspecified atom stereocenters.